The highest BCUT2D eigenvalue weighted by Gasteiger charge is 2.07. The molecule has 0 bridgehead atoms. The summed E-state index contributed by atoms with van der Waals surface area (Å²) in [6.45, 7) is 1.42. The van der Waals surface area contributed by atoms with Crippen LogP contribution in [0.1, 0.15) is 0 Å². The molecule has 4 rings (SSSR count). The Morgan fingerprint density at radius 1 is 1.18 bits per heavy atom. The number of rotatable bonds is 0. The Bertz CT molecular complexity index is 448. The predicted octanol–water partition coefficient (Wildman–Crippen LogP) is 1.42. The van der Waals surface area contributed by atoms with E-state index in [2.05, 4.69) is 24.8 Å². The second-order valence-electron chi connectivity index (χ2n) is 3.78. The standard InChI is InChI=1S/C3H5NO2S.2C3H5NS.C3H4O2/c5-7(6)2-1-4-3-7;3*1-2-5-3-4-1/h1-2,4H,3H2;3H,1-2H2;1H,2-3H2;1-2H,3H2. The van der Waals surface area contributed by atoms with E-state index in [4.69, 9.17) is 0 Å². The van der Waals surface area contributed by atoms with Crippen molar-refractivity contribution in [1.29, 1.82) is 0 Å². The normalized spacial score (nSPS) is 21.3. The number of sulfone groups is 1. The van der Waals surface area contributed by atoms with E-state index >= 15 is 0 Å². The molecule has 0 aromatic rings. The number of nitrogens with one attached hydrogen (secondary N) is 1. The third-order valence-electron chi connectivity index (χ3n) is 2.04. The van der Waals surface area contributed by atoms with Crippen molar-refractivity contribution in [3.63, 3.8) is 0 Å². The summed E-state index contributed by atoms with van der Waals surface area (Å²) in [6.07, 6.45) is 6.40. The topological polar surface area (TPSA) is 89.3 Å². The molecule has 4 aliphatic heterocycles. The highest BCUT2D eigenvalue weighted by molar-refractivity contribution is 8.12. The van der Waals surface area contributed by atoms with Gasteiger partial charge in [0.15, 0.2) is 9.84 Å². The number of nitrogens with zero attached hydrogens (tertiary/aromatic N) is 2. The van der Waals surface area contributed by atoms with Crippen LogP contribution >= 0.6 is 23.5 Å². The summed E-state index contributed by atoms with van der Waals surface area (Å²) < 4.78 is 29.6. The molecule has 0 saturated heterocycles. The summed E-state index contributed by atoms with van der Waals surface area (Å²) in [5.41, 5.74) is 1.90. The van der Waals surface area contributed by atoms with Crippen LogP contribution in [-0.2, 0) is 19.3 Å². The third-order valence-corrected chi connectivity index (χ3v) is 4.59. The number of thioether (sulfide) groups is 2. The van der Waals surface area contributed by atoms with Crippen LogP contribution in [0.4, 0.5) is 0 Å². The van der Waals surface area contributed by atoms with Gasteiger partial charge in [-0.3, -0.25) is 9.98 Å². The van der Waals surface area contributed by atoms with Crippen molar-refractivity contribution < 1.29 is 17.9 Å². The largest absolute Gasteiger partial charge is 0.462 e. The first-order valence-corrected chi connectivity index (χ1v) is 10.3. The Morgan fingerprint density at radius 2 is 2.00 bits per heavy atom. The van der Waals surface area contributed by atoms with Crippen LogP contribution in [-0.4, -0.2) is 56.8 Å². The van der Waals surface area contributed by atoms with Crippen molar-refractivity contribution in [1.82, 2.24) is 5.32 Å². The molecule has 0 fully saturated rings. The Balaban J connectivity index is 0.000000148. The van der Waals surface area contributed by atoms with E-state index in [0.29, 0.717) is 6.79 Å². The Kier molecular flexibility index (Phi) is 10.7. The maximum Gasteiger partial charge on any atom is 0.229 e. The molecule has 10 heteroatoms. The number of hydrogen-bond acceptors (Lipinski definition) is 9. The SMILES string of the molecule is C1=COCO1.C1=NCCS1.C1=NCSC1.O=S1(=O)C=CNC1. The molecule has 0 amide bonds. The molecule has 0 unspecified atom stereocenters. The van der Waals surface area contributed by atoms with E-state index in [9.17, 15) is 8.42 Å². The molecule has 124 valence electrons. The van der Waals surface area contributed by atoms with Crippen LogP contribution in [0.15, 0.2) is 34.1 Å². The number of ether oxygens (including phenoxy) is 2. The van der Waals surface area contributed by atoms with Gasteiger partial charge in [-0.25, -0.2) is 8.42 Å². The smallest absolute Gasteiger partial charge is 0.229 e. The molecule has 0 spiro atoms. The van der Waals surface area contributed by atoms with Crippen molar-refractivity contribution in [2.45, 2.75) is 0 Å². The second-order valence-corrected chi connectivity index (χ2v) is 7.62. The molecule has 22 heavy (non-hydrogen) atoms. The lowest BCUT2D eigenvalue weighted by Gasteiger charge is -1.82. The fourth-order valence-corrected chi connectivity index (χ4v) is 2.87. The quantitative estimate of drug-likeness (QED) is 0.694. The zero-order valence-electron chi connectivity index (χ0n) is 12.0. The van der Waals surface area contributed by atoms with Crippen LogP contribution < -0.4 is 5.32 Å². The lowest BCUT2D eigenvalue weighted by atomic mass is 10.8. The highest BCUT2D eigenvalue weighted by Crippen LogP contribution is 2.02. The van der Waals surface area contributed by atoms with Crippen molar-refractivity contribution >= 4 is 45.1 Å². The fourth-order valence-electron chi connectivity index (χ4n) is 1.09. The van der Waals surface area contributed by atoms with Crippen LogP contribution in [0.3, 0.4) is 0 Å². The fraction of sp³-hybridized carbons (Fsp3) is 0.500. The van der Waals surface area contributed by atoms with E-state index in [0.717, 1.165) is 23.6 Å². The molecule has 7 nitrogen and oxygen atoms in total. The lowest BCUT2D eigenvalue weighted by molar-refractivity contribution is 0.0920. The minimum absolute atomic E-state index is 0.0625. The third kappa shape index (κ3) is 11.5. The van der Waals surface area contributed by atoms with Gasteiger partial charge in [0.05, 0.1) is 11.4 Å². The monoisotopic (exact) mass is 365 g/mol. The number of hydrogen-bond donors (Lipinski definition) is 1. The second kappa shape index (κ2) is 12.4. The van der Waals surface area contributed by atoms with Gasteiger partial charge in [-0.1, -0.05) is 0 Å². The lowest BCUT2D eigenvalue weighted by Crippen LogP contribution is -2.06. The first kappa shape index (κ1) is 18.9. The molecule has 0 aromatic carbocycles. The highest BCUT2D eigenvalue weighted by atomic mass is 32.2. The summed E-state index contributed by atoms with van der Waals surface area (Å²) in [6, 6.07) is 0. The first-order chi connectivity index (χ1) is 10.7. The molecular formula is C12H19N3O4S3. The van der Waals surface area contributed by atoms with Crippen LogP contribution in [0.25, 0.3) is 0 Å². The maximum absolute atomic E-state index is 10.3. The molecule has 4 aliphatic rings. The van der Waals surface area contributed by atoms with E-state index in [1.807, 2.05) is 23.5 Å². The molecule has 0 radical (unpaired) electrons. The summed E-state index contributed by atoms with van der Waals surface area (Å²) in [7, 11) is -2.84. The van der Waals surface area contributed by atoms with Crippen molar-refractivity contribution in [2.75, 3.05) is 36.6 Å². The molecule has 1 N–H and O–H groups in total. The molecule has 4 heterocycles. The average Bonchev–Trinajstić information content (AvgIpc) is 3.30. The van der Waals surface area contributed by atoms with Gasteiger partial charge < -0.3 is 14.8 Å². The van der Waals surface area contributed by atoms with Crippen molar-refractivity contribution in [3.8, 4) is 0 Å². The molecular weight excluding hydrogens is 346 g/mol. The zero-order chi connectivity index (χ0) is 15.9. The van der Waals surface area contributed by atoms with Crippen molar-refractivity contribution in [2.24, 2.45) is 9.98 Å². The Hall–Kier alpha value is -1.13. The van der Waals surface area contributed by atoms with Gasteiger partial charge in [-0.05, 0) is 0 Å². The Morgan fingerprint density at radius 3 is 2.18 bits per heavy atom. The van der Waals surface area contributed by atoms with Gasteiger partial charge in [0.25, 0.3) is 0 Å². The summed E-state index contributed by atoms with van der Waals surface area (Å²) in [5.74, 6) is 3.37. The molecule has 0 aliphatic carbocycles. The zero-order valence-corrected chi connectivity index (χ0v) is 14.4. The first-order valence-electron chi connectivity index (χ1n) is 6.37. The minimum Gasteiger partial charge on any atom is -0.462 e. The summed E-state index contributed by atoms with van der Waals surface area (Å²) in [4.78, 5) is 7.84. The maximum atomic E-state index is 10.3. The van der Waals surface area contributed by atoms with Crippen LogP contribution in [0.2, 0.25) is 0 Å². The Labute approximate surface area is 139 Å². The summed E-state index contributed by atoms with van der Waals surface area (Å²) in [5, 5.41) is 3.70. The minimum atomic E-state index is -2.84. The van der Waals surface area contributed by atoms with Gasteiger partial charge >= 0.3 is 0 Å². The van der Waals surface area contributed by atoms with E-state index in [-0.39, 0.29) is 5.88 Å². The van der Waals surface area contributed by atoms with E-state index < -0.39 is 9.84 Å². The predicted molar refractivity (Wildman–Crippen MR) is 93.9 cm³/mol. The molecule has 0 aromatic heterocycles. The van der Waals surface area contributed by atoms with Gasteiger partial charge in [-0.2, -0.15) is 0 Å². The molecule has 0 saturated carbocycles. The van der Waals surface area contributed by atoms with E-state index in [1.165, 1.54) is 24.5 Å². The molecule has 0 atom stereocenters. The van der Waals surface area contributed by atoms with Crippen molar-refractivity contribution in [3.05, 3.63) is 24.1 Å². The summed E-state index contributed by atoms with van der Waals surface area (Å²) >= 11 is 3.63. The van der Waals surface area contributed by atoms with Gasteiger partial charge in [0.2, 0.25) is 6.79 Å². The van der Waals surface area contributed by atoms with Gasteiger partial charge in [-0.15, -0.1) is 23.5 Å². The number of aliphatic imine (C=N–C) groups is 2. The van der Waals surface area contributed by atoms with Gasteiger partial charge in [0.1, 0.15) is 18.4 Å². The van der Waals surface area contributed by atoms with Crippen LogP contribution in [0, 0.1) is 0 Å². The van der Waals surface area contributed by atoms with Gasteiger partial charge in [0, 0.05) is 35.9 Å². The van der Waals surface area contributed by atoms with E-state index in [1.54, 1.807) is 11.8 Å². The van der Waals surface area contributed by atoms with Crippen LogP contribution in [0.5, 0.6) is 0 Å². The average molecular weight is 366 g/mol.